The van der Waals surface area contributed by atoms with Crippen molar-refractivity contribution in [2.24, 2.45) is 5.92 Å². The molecule has 4 nitrogen and oxygen atoms in total. The van der Waals surface area contributed by atoms with Crippen molar-refractivity contribution in [1.29, 1.82) is 0 Å². The summed E-state index contributed by atoms with van der Waals surface area (Å²) in [6.07, 6.45) is 3.18. The van der Waals surface area contributed by atoms with Gasteiger partial charge in [0.2, 0.25) is 0 Å². The number of hydrogen-bond donors (Lipinski definition) is 1. The molecular weight excluding hydrogens is 252 g/mol. The summed E-state index contributed by atoms with van der Waals surface area (Å²) in [6.45, 7) is 2.10. The largest absolute Gasteiger partial charge is 0.393 e. The maximum absolute atomic E-state index is 10.4. The Hall–Kier alpha value is 0.190. The van der Waals surface area contributed by atoms with Crippen molar-refractivity contribution >= 4 is 11.8 Å². The normalized spacial score (nSPS) is 39.5. The molecule has 3 rings (SSSR count). The van der Waals surface area contributed by atoms with Crippen LogP contribution in [-0.4, -0.2) is 54.4 Å². The van der Waals surface area contributed by atoms with Crippen molar-refractivity contribution in [2.75, 3.05) is 31.3 Å². The van der Waals surface area contributed by atoms with E-state index in [9.17, 15) is 5.11 Å². The van der Waals surface area contributed by atoms with E-state index in [1.54, 1.807) is 0 Å². The first kappa shape index (κ1) is 13.2. The lowest BCUT2D eigenvalue weighted by atomic mass is 9.81. The Morgan fingerprint density at radius 1 is 1.28 bits per heavy atom. The fourth-order valence-electron chi connectivity index (χ4n) is 3.19. The van der Waals surface area contributed by atoms with Crippen LogP contribution in [-0.2, 0) is 14.2 Å². The van der Waals surface area contributed by atoms with E-state index in [1.165, 1.54) is 5.75 Å². The van der Waals surface area contributed by atoms with Gasteiger partial charge in [-0.15, -0.1) is 0 Å². The Bertz CT molecular complexity index is 274. The highest BCUT2D eigenvalue weighted by Crippen LogP contribution is 2.41. The van der Waals surface area contributed by atoms with Crippen molar-refractivity contribution in [2.45, 2.75) is 43.7 Å². The van der Waals surface area contributed by atoms with Gasteiger partial charge < -0.3 is 19.3 Å². The van der Waals surface area contributed by atoms with E-state index in [-0.39, 0.29) is 18.0 Å². The molecule has 3 heterocycles. The molecular formula is C13H22O4S. The SMILES string of the molecule is OC(CC1OCCO1)C1CCOC2(CCSC2)C1. The van der Waals surface area contributed by atoms with Crippen LogP contribution < -0.4 is 0 Å². The first-order valence-corrected chi connectivity index (χ1v) is 8.06. The topological polar surface area (TPSA) is 47.9 Å². The van der Waals surface area contributed by atoms with Crippen molar-refractivity contribution in [3.63, 3.8) is 0 Å². The average Bonchev–Trinajstić information content (AvgIpc) is 3.02. The number of ether oxygens (including phenoxy) is 3. The van der Waals surface area contributed by atoms with Crippen LogP contribution >= 0.6 is 11.8 Å². The van der Waals surface area contributed by atoms with E-state index in [0.717, 1.165) is 31.6 Å². The quantitative estimate of drug-likeness (QED) is 0.843. The summed E-state index contributed by atoms with van der Waals surface area (Å²) in [6, 6.07) is 0. The van der Waals surface area contributed by atoms with Crippen LogP contribution in [0.3, 0.4) is 0 Å². The smallest absolute Gasteiger partial charge is 0.160 e. The predicted molar refractivity (Wildman–Crippen MR) is 69.7 cm³/mol. The molecule has 104 valence electrons. The molecule has 3 saturated heterocycles. The van der Waals surface area contributed by atoms with Gasteiger partial charge in [0.15, 0.2) is 6.29 Å². The lowest BCUT2D eigenvalue weighted by Gasteiger charge is -2.39. The van der Waals surface area contributed by atoms with E-state index < -0.39 is 0 Å². The molecule has 0 amide bonds. The second-order valence-corrected chi connectivity index (χ2v) is 6.67. The molecule has 0 radical (unpaired) electrons. The minimum atomic E-state index is -0.320. The van der Waals surface area contributed by atoms with E-state index in [4.69, 9.17) is 14.2 Å². The summed E-state index contributed by atoms with van der Waals surface area (Å²) in [5.41, 5.74) is 0.0476. The number of rotatable bonds is 3. The Morgan fingerprint density at radius 2 is 2.11 bits per heavy atom. The van der Waals surface area contributed by atoms with Gasteiger partial charge in [-0.25, -0.2) is 0 Å². The molecule has 3 unspecified atom stereocenters. The second-order valence-electron chi connectivity index (χ2n) is 5.56. The minimum Gasteiger partial charge on any atom is -0.393 e. The summed E-state index contributed by atoms with van der Waals surface area (Å²) < 4.78 is 16.8. The number of aliphatic hydroxyl groups is 1. The minimum absolute atomic E-state index is 0.0476. The predicted octanol–water partition coefficient (Wildman–Crippen LogP) is 1.41. The van der Waals surface area contributed by atoms with Gasteiger partial charge in [-0.2, -0.15) is 11.8 Å². The molecule has 0 aromatic heterocycles. The van der Waals surface area contributed by atoms with Crippen LogP contribution in [0.2, 0.25) is 0 Å². The maximum atomic E-state index is 10.4. The molecule has 3 atom stereocenters. The first-order chi connectivity index (χ1) is 8.77. The molecule has 1 spiro atoms. The van der Waals surface area contributed by atoms with E-state index >= 15 is 0 Å². The third-order valence-electron chi connectivity index (χ3n) is 4.27. The number of thioether (sulfide) groups is 1. The highest BCUT2D eigenvalue weighted by atomic mass is 32.2. The summed E-state index contributed by atoms with van der Waals surface area (Å²) in [7, 11) is 0. The molecule has 0 bridgehead atoms. The Balaban J connectivity index is 1.54. The van der Waals surface area contributed by atoms with Gasteiger partial charge >= 0.3 is 0 Å². The average molecular weight is 274 g/mol. The molecule has 3 aliphatic rings. The van der Waals surface area contributed by atoms with Crippen molar-refractivity contribution < 1.29 is 19.3 Å². The van der Waals surface area contributed by atoms with Crippen LogP contribution in [0.4, 0.5) is 0 Å². The van der Waals surface area contributed by atoms with Gasteiger partial charge in [0.05, 0.1) is 24.9 Å². The van der Waals surface area contributed by atoms with Crippen LogP contribution in [0.5, 0.6) is 0 Å². The summed E-state index contributed by atoms with van der Waals surface area (Å²) in [5.74, 6) is 2.62. The molecule has 3 aliphatic heterocycles. The molecule has 3 fully saturated rings. The standard InChI is InChI=1S/C13H22O4S/c14-11(7-12-15-4-5-16-12)10-1-3-17-13(8-10)2-6-18-9-13/h10-12,14H,1-9H2. The third kappa shape index (κ3) is 2.85. The zero-order valence-electron chi connectivity index (χ0n) is 10.7. The second kappa shape index (κ2) is 5.67. The maximum Gasteiger partial charge on any atom is 0.160 e. The van der Waals surface area contributed by atoms with Crippen LogP contribution in [0, 0.1) is 5.92 Å². The van der Waals surface area contributed by atoms with Crippen LogP contribution in [0.25, 0.3) is 0 Å². The van der Waals surface area contributed by atoms with Gasteiger partial charge in [0.1, 0.15) is 0 Å². The molecule has 18 heavy (non-hydrogen) atoms. The highest BCUT2D eigenvalue weighted by molar-refractivity contribution is 7.99. The zero-order valence-corrected chi connectivity index (χ0v) is 11.5. The van der Waals surface area contributed by atoms with Crippen LogP contribution in [0.15, 0.2) is 0 Å². The fraction of sp³-hybridized carbons (Fsp3) is 1.00. The molecule has 0 aromatic rings. The molecule has 1 N–H and O–H groups in total. The van der Waals surface area contributed by atoms with Gasteiger partial charge in [0, 0.05) is 18.8 Å². The Kier molecular flexibility index (Phi) is 4.15. The van der Waals surface area contributed by atoms with Crippen molar-refractivity contribution in [1.82, 2.24) is 0 Å². The number of aliphatic hydroxyl groups excluding tert-OH is 1. The zero-order chi connectivity index (χ0) is 12.4. The lowest BCUT2D eigenvalue weighted by Crippen LogP contribution is -2.43. The van der Waals surface area contributed by atoms with E-state index in [1.807, 2.05) is 11.8 Å². The summed E-state index contributed by atoms with van der Waals surface area (Å²) >= 11 is 1.97. The van der Waals surface area contributed by atoms with Crippen LogP contribution in [0.1, 0.15) is 25.7 Å². The molecule has 0 saturated carbocycles. The van der Waals surface area contributed by atoms with Crippen molar-refractivity contribution in [3.8, 4) is 0 Å². The fourth-order valence-corrected chi connectivity index (χ4v) is 4.57. The number of hydrogen-bond acceptors (Lipinski definition) is 5. The summed E-state index contributed by atoms with van der Waals surface area (Å²) in [5, 5.41) is 10.4. The monoisotopic (exact) mass is 274 g/mol. The van der Waals surface area contributed by atoms with Gasteiger partial charge in [-0.3, -0.25) is 0 Å². The van der Waals surface area contributed by atoms with Crippen molar-refractivity contribution in [3.05, 3.63) is 0 Å². The van der Waals surface area contributed by atoms with Gasteiger partial charge in [-0.1, -0.05) is 0 Å². The Morgan fingerprint density at radius 3 is 2.83 bits per heavy atom. The summed E-state index contributed by atoms with van der Waals surface area (Å²) in [4.78, 5) is 0. The molecule has 0 aliphatic carbocycles. The first-order valence-electron chi connectivity index (χ1n) is 6.90. The van der Waals surface area contributed by atoms with E-state index in [0.29, 0.717) is 25.6 Å². The van der Waals surface area contributed by atoms with E-state index in [2.05, 4.69) is 0 Å². The Labute approximate surface area is 112 Å². The van der Waals surface area contributed by atoms with Gasteiger partial charge in [0.25, 0.3) is 0 Å². The lowest BCUT2D eigenvalue weighted by molar-refractivity contribution is -0.122. The highest BCUT2D eigenvalue weighted by Gasteiger charge is 2.42. The third-order valence-corrected chi connectivity index (χ3v) is 5.49. The van der Waals surface area contributed by atoms with Gasteiger partial charge in [-0.05, 0) is 30.9 Å². The molecule has 0 aromatic carbocycles. The molecule has 5 heteroatoms.